The molecule has 0 bridgehead atoms. The SMILES string of the molecule is CCC(CCNC(=O)c1ccc(F)c(C)c1)(CCN1C2CCCC3CCC321)c1ccccc1. The summed E-state index contributed by atoms with van der Waals surface area (Å²) in [7, 11) is 0. The van der Waals surface area contributed by atoms with Crippen molar-refractivity contribution in [1.82, 2.24) is 10.2 Å². The van der Waals surface area contributed by atoms with Gasteiger partial charge in [0.25, 0.3) is 5.91 Å². The molecule has 33 heavy (non-hydrogen) atoms. The molecule has 3 nitrogen and oxygen atoms in total. The molecular weight excluding hydrogens is 411 g/mol. The summed E-state index contributed by atoms with van der Waals surface area (Å²) in [4.78, 5) is 15.5. The zero-order valence-corrected chi connectivity index (χ0v) is 20.1. The topological polar surface area (TPSA) is 32.1 Å². The highest BCUT2D eigenvalue weighted by molar-refractivity contribution is 5.94. The number of rotatable bonds is 9. The Morgan fingerprint density at radius 1 is 1.15 bits per heavy atom. The first-order chi connectivity index (χ1) is 16.0. The second kappa shape index (κ2) is 8.87. The van der Waals surface area contributed by atoms with Crippen LogP contribution in [0.2, 0.25) is 0 Å². The van der Waals surface area contributed by atoms with Crippen LogP contribution >= 0.6 is 0 Å². The van der Waals surface area contributed by atoms with E-state index >= 15 is 0 Å². The Morgan fingerprint density at radius 3 is 2.64 bits per heavy atom. The average Bonchev–Trinajstić information content (AvgIpc) is 3.51. The molecule has 2 aliphatic carbocycles. The van der Waals surface area contributed by atoms with Crippen LogP contribution in [0, 0.1) is 18.7 Å². The van der Waals surface area contributed by atoms with Crippen molar-refractivity contribution in [1.29, 1.82) is 0 Å². The summed E-state index contributed by atoms with van der Waals surface area (Å²) in [5.41, 5.74) is 3.02. The largest absolute Gasteiger partial charge is 0.352 e. The Balaban J connectivity index is 1.26. The predicted molar refractivity (Wildman–Crippen MR) is 131 cm³/mol. The predicted octanol–water partition coefficient (Wildman–Crippen LogP) is 6.01. The van der Waals surface area contributed by atoms with Crippen molar-refractivity contribution in [2.75, 3.05) is 13.1 Å². The lowest BCUT2D eigenvalue weighted by molar-refractivity contribution is 0.0948. The maximum Gasteiger partial charge on any atom is 0.251 e. The van der Waals surface area contributed by atoms with Gasteiger partial charge in [-0.1, -0.05) is 43.7 Å². The van der Waals surface area contributed by atoms with Crippen LogP contribution in [0.3, 0.4) is 0 Å². The zero-order chi connectivity index (χ0) is 23.1. The number of halogens is 1. The Kier molecular flexibility index (Phi) is 6.07. The highest BCUT2D eigenvalue weighted by Gasteiger charge is 2.70. The molecule has 2 aromatic rings. The number of carbonyl (C=O) groups is 1. The van der Waals surface area contributed by atoms with Crippen LogP contribution in [0.15, 0.2) is 48.5 Å². The van der Waals surface area contributed by atoms with Crippen molar-refractivity contribution < 1.29 is 9.18 Å². The Bertz CT molecular complexity index is 1010. The molecule has 1 amide bonds. The van der Waals surface area contributed by atoms with Crippen LogP contribution in [0.4, 0.5) is 4.39 Å². The maximum atomic E-state index is 13.6. The molecule has 3 aliphatic rings. The molecule has 1 saturated heterocycles. The first kappa shape index (κ1) is 22.6. The fraction of sp³-hybridized carbons (Fsp3) is 0.552. The number of likely N-dealkylation sites (tertiary alicyclic amines) is 1. The number of amides is 1. The van der Waals surface area contributed by atoms with E-state index in [2.05, 4.69) is 47.5 Å². The van der Waals surface area contributed by atoms with Crippen LogP contribution in [0.1, 0.15) is 79.8 Å². The standard InChI is InChI=1S/C29H37FN2O/c1-3-28(23-8-5-4-6-9-23,16-18-31-27(33)22-12-13-25(30)21(2)20-22)17-19-32-26-11-7-10-24-14-15-29(24,26)32/h4-6,8-9,12-13,20,24,26H,3,7,10-11,14-19H2,1-2H3,(H,31,33). The molecule has 2 aromatic carbocycles. The molecule has 3 fully saturated rings. The smallest absolute Gasteiger partial charge is 0.251 e. The van der Waals surface area contributed by atoms with Crippen LogP contribution < -0.4 is 5.32 Å². The Labute approximate surface area is 197 Å². The third-order valence-corrected chi connectivity index (χ3v) is 9.25. The summed E-state index contributed by atoms with van der Waals surface area (Å²) in [5.74, 6) is 0.552. The third kappa shape index (κ3) is 3.90. The molecule has 1 spiro atoms. The lowest BCUT2D eigenvalue weighted by atomic mass is 9.64. The molecule has 1 heterocycles. The van der Waals surface area contributed by atoms with Crippen molar-refractivity contribution >= 4 is 5.91 Å². The quantitative estimate of drug-likeness (QED) is 0.477. The molecule has 4 heteroatoms. The number of nitrogens with zero attached hydrogens (tertiary/aromatic N) is 1. The van der Waals surface area contributed by atoms with E-state index in [-0.39, 0.29) is 17.1 Å². The Morgan fingerprint density at radius 2 is 1.97 bits per heavy atom. The fourth-order valence-corrected chi connectivity index (χ4v) is 7.06. The van der Waals surface area contributed by atoms with Crippen LogP contribution in [-0.4, -0.2) is 35.5 Å². The van der Waals surface area contributed by atoms with Gasteiger partial charge in [0.15, 0.2) is 0 Å². The number of hydrogen-bond acceptors (Lipinski definition) is 2. The monoisotopic (exact) mass is 448 g/mol. The van der Waals surface area contributed by atoms with Crippen molar-refractivity contribution in [2.45, 2.75) is 82.2 Å². The highest BCUT2D eigenvalue weighted by atomic mass is 19.1. The first-order valence-electron chi connectivity index (χ1n) is 12.9. The average molecular weight is 449 g/mol. The molecule has 0 radical (unpaired) electrons. The molecule has 176 valence electrons. The van der Waals surface area contributed by atoms with Crippen LogP contribution in [0.25, 0.3) is 0 Å². The second-order valence-corrected chi connectivity index (χ2v) is 10.6. The van der Waals surface area contributed by atoms with Gasteiger partial charge in [0.1, 0.15) is 5.82 Å². The van der Waals surface area contributed by atoms with Gasteiger partial charge in [0.2, 0.25) is 0 Å². The summed E-state index contributed by atoms with van der Waals surface area (Å²) in [6, 6.07) is 16.3. The molecule has 5 atom stereocenters. The van der Waals surface area contributed by atoms with Crippen molar-refractivity contribution in [3.8, 4) is 0 Å². The van der Waals surface area contributed by atoms with Gasteiger partial charge in [-0.15, -0.1) is 0 Å². The van der Waals surface area contributed by atoms with Gasteiger partial charge in [0, 0.05) is 23.7 Å². The molecular formula is C29H37FN2O. The molecule has 5 unspecified atom stereocenters. The van der Waals surface area contributed by atoms with Gasteiger partial charge in [-0.2, -0.15) is 0 Å². The summed E-state index contributed by atoms with van der Waals surface area (Å²) < 4.78 is 13.6. The normalized spacial score (nSPS) is 29.2. The lowest BCUT2D eigenvalue weighted by Gasteiger charge is -2.41. The van der Waals surface area contributed by atoms with Gasteiger partial charge in [-0.25, -0.2) is 4.39 Å². The third-order valence-electron chi connectivity index (χ3n) is 9.25. The summed E-state index contributed by atoms with van der Waals surface area (Å²) in [6.07, 6.45) is 10.1. The number of carbonyl (C=O) groups excluding carboxylic acids is 1. The summed E-state index contributed by atoms with van der Waals surface area (Å²) >= 11 is 0. The van der Waals surface area contributed by atoms with Crippen molar-refractivity contribution in [2.24, 2.45) is 5.92 Å². The number of aryl methyl sites for hydroxylation is 1. The maximum absolute atomic E-state index is 13.6. The summed E-state index contributed by atoms with van der Waals surface area (Å²) in [5, 5.41) is 3.11. The van der Waals surface area contributed by atoms with E-state index in [1.54, 1.807) is 19.1 Å². The highest BCUT2D eigenvalue weighted by Crippen LogP contribution is 2.64. The summed E-state index contributed by atoms with van der Waals surface area (Å²) in [6.45, 7) is 5.77. The van der Waals surface area contributed by atoms with Gasteiger partial charge in [-0.3, -0.25) is 9.69 Å². The van der Waals surface area contributed by atoms with E-state index in [0.717, 1.165) is 37.8 Å². The minimum absolute atomic E-state index is 0.0505. The van der Waals surface area contributed by atoms with Crippen LogP contribution in [-0.2, 0) is 5.41 Å². The van der Waals surface area contributed by atoms with E-state index in [9.17, 15) is 9.18 Å². The van der Waals surface area contributed by atoms with Crippen molar-refractivity contribution in [3.05, 3.63) is 71.0 Å². The molecule has 1 aliphatic heterocycles. The number of benzene rings is 2. The van der Waals surface area contributed by atoms with Gasteiger partial charge in [0.05, 0.1) is 0 Å². The lowest BCUT2D eigenvalue weighted by Crippen LogP contribution is -2.42. The molecule has 2 saturated carbocycles. The minimum atomic E-state index is -0.274. The van der Waals surface area contributed by atoms with E-state index in [0.29, 0.717) is 23.2 Å². The van der Waals surface area contributed by atoms with Gasteiger partial charge >= 0.3 is 0 Å². The van der Waals surface area contributed by atoms with E-state index in [1.165, 1.54) is 43.7 Å². The minimum Gasteiger partial charge on any atom is -0.352 e. The number of nitrogens with one attached hydrogen (secondary N) is 1. The second-order valence-electron chi connectivity index (χ2n) is 10.6. The van der Waals surface area contributed by atoms with Gasteiger partial charge in [-0.05, 0) is 99.1 Å². The molecule has 5 rings (SSSR count). The van der Waals surface area contributed by atoms with E-state index < -0.39 is 0 Å². The number of hydrogen-bond donors (Lipinski definition) is 1. The molecule has 0 aromatic heterocycles. The Hall–Kier alpha value is -2.20. The first-order valence-corrected chi connectivity index (χ1v) is 12.9. The van der Waals surface area contributed by atoms with E-state index in [1.807, 2.05) is 0 Å². The van der Waals surface area contributed by atoms with Gasteiger partial charge < -0.3 is 5.32 Å². The van der Waals surface area contributed by atoms with Crippen LogP contribution in [0.5, 0.6) is 0 Å². The van der Waals surface area contributed by atoms with Crippen molar-refractivity contribution in [3.63, 3.8) is 0 Å². The zero-order valence-electron chi connectivity index (χ0n) is 20.1. The van der Waals surface area contributed by atoms with E-state index in [4.69, 9.17) is 0 Å². The fourth-order valence-electron chi connectivity index (χ4n) is 7.06. The molecule has 1 N–H and O–H groups in total.